The molecule has 21 heavy (non-hydrogen) atoms. The molecule has 2 aromatic carbocycles. The van der Waals surface area contributed by atoms with Crippen molar-refractivity contribution in [2.45, 2.75) is 26.3 Å². The first kappa shape index (κ1) is 15.7. The second kappa shape index (κ2) is 7.36. The molecule has 0 radical (unpaired) electrons. The maximum absolute atomic E-state index is 5.93. The van der Waals surface area contributed by atoms with Crippen LogP contribution in [-0.2, 0) is 0 Å². The van der Waals surface area contributed by atoms with Crippen molar-refractivity contribution in [2.24, 2.45) is 0 Å². The Morgan fingerprint density at radius 3 is 2.76 bits per heavy atom. The van der Waals surface area contributed by atoms with Gasteiger partial charge in [-0.15, -0.1) is 0 Å². The average Bonchev–Trinajstić information content (AvgIpc) is 2.47. The van der Waals surface area contributed by atoms with Crippen molar-refractivity contribution >= 4 is 27.3 Å². The van der Waals surface area contributed by atoms with E-state index < -0.39 is 0 Å². The van der Waals surface area contributed by atoms with Crippen LogP contribution in [0.15, 0.2) is 46.9 Å². The van der Waals surface area contributed by atoms with Crippen LogP contribution in [0.25, 0.3) is 0 Å². The first-order chi connectivity index (χ1) is 10.1. The number of anilines is 2. The molecular weight excluding hydrogens is 328 g/mol. The molecule has 0 aliphatic carbocycles. The van der Waals surface area contributed by atoms with Gasteiger partial charge in [0.05, 0.1) is 12.3 Å². The predicted molar refractivity (Wildman–Crippen MR) is 92.8 cm³/mol. The Morgan fingerprint density at radius 2 is 2.05 bits per heavy atom. The van der Waals surface area contributed by atoms with E-state index in [1.807, 2.05) is 30.3 Å². The van der Waals surface area contributed by atoms with Gasteiger partial charge in [-0.3, -0.25) is 0 Å². The van der Waals surface area contributed by atoms with Crippen LogP contribution in [0.5, 0.6) is 5.75 Å². The van der Waals surface area contributed by atoms with Crippen molar-refractivity contribution in [3.8, 4) is 5.75 Å². The van der Waals surface area contributed by atoms with Crippen molar-refractivity contribution in [1.29, 1.82) is 0 Å². The lowest BCUT2D eigenvalue weighted by Crippen LogP contribution is -2.07. The molecule has 0 saturated heterocycles. The number of halogens is 1. The summed E-state index contributed by atoms with van der Waals surface area (Å²) in [5.41, 5.74) is 8.83. The molecule has 0 amide bonds. The van der Waals surface area contributed by atoms with Crippen LogP contribution in [0.4, 0.5) is 11.4 Å². The van der Waals surface area contributed by atoms with E-state index in [0.29, 0.717) is 12.3 Å². The van der Waals surface area contributed by atoms with E-state index in [1.165, 1.54) is 5.56 Å². The molecular formula is C17H21BrN2O. The monoisotopic (exact) mass is 348 g/mol. The number of rotatable bonds is 6. The number of benzene rings is 2. The second-order valence-electron chi connectivity index (χ2n) is 5.02. The van der Waals surface area contributed by atoms with Crippen LogP contribution in [0.1, 0.15) is 31.9 Å². The second-order valence-corrected chi connectivity index (χ2v) is 5.94. The minimum absolute atomic E-state index is 0.199. The van der Waals surface area contributed by atoms with E-state index in [2.05, 4.69) is 47.2 Å². The quantitative estimate of drug-likeness (QED) is 0.722. The Morgan fingerprint density at radius 1 is 1.24 bits per heavy atom. The van der Waals surface area contributed by atoms with E-state index in [-0.39, 0.29) is 6.04 Å². The number of nitrogens with one attached hydrogen (secondary N) is 1. The van der Waals surface area contributed by atoms with Gasteiger partial charge in [-0.1, -0.05) is 35.0 Å². The van der Waals surface area contributed by atoms with Crippen LogP contribution in [0.3, 0.4) is 0 Å². The lowest BCUT2D eigenvalue weighted by molar-refractivity contribution is 0.319. The van der Waals surface area contributed by atoms with E-state index in [1.54, 1.807) is 0 Å². The lowest BCUT2D eigenvalue weighted by Gasteiger charge is -2.17. The zero-order valence-electron chi connectivity index (χ0n) is 12.4. The Bertz CT molecular complexity index is 601. The van der Waals surface area contributed by atoms with Gasteiger partial charge in [0.25, 0.3) is 0 Å². The average molecular weight is 349 g/mol. The molecule has 3 N–H and O–H groups in total. The van der Waals surface area contributed by atoms with Gasteiger partial charge in [0, 0.05) is 22.3 Å². The molecule has 0 fully saturated rings. The van der Waals surface area contributed by atoms with E-state index in [4.69, 9.17) is 10.5 Å². The normalized spacial score (nSPS) is 12.0. The minimum Gasteiger partial charge on any atom is -0.491 e. The number of ether oxygens (including phenoxy) is 1. The van der Waals surface area contributed by atoms with Gasteiger partial charge in [0.1, 0.15) is 5.75 Å². The lowest BCUT2D eigenvalue weighted by atomic mass is 10.1. The topological polar surface area (TPSA) is 47.3 Å². The van der Waals surface area contributed by atoms with Gasteiger partial charge >= 0.3 is 0 Å². The summed E-state index contributed by atoms with van der Waals surface area (Å²) in [4.78, 5) is 0. The third-order valence-electron chi connectivity index (χ3n) is 3.21. The number of hydrogen-bond donors (Lipinski definition) is 2. The van der Waals surface area contributed by atoms with Crippen molar-refractivity contribution in [2.75, 3.05) is 17.7 Å². The molecule has 0 aromatic heterocycles. The molecule has 4 heteroatoms. The Labute approximate surface area is 134 Å². The van der Waals surface area contributed by atoms with Gasteiger partial charge in [0.15, 0.2) is 0 Å². The Balaban J connectivity index is 2.11. The summed E-state index contributed by atoms with van der Waals surface area (Å²) >= 11 is 3.50. The third kappa shape index (κ3) is 4.39. The Kier molecular flexibility index (Phi) is 5.51. The molecule has 3 nitrogen and oxygen atoms in total. The fourth-order valence-electron chi connectivity index (χ4n) is 2.07. The molecule has 1 unspecified atom stereocenters. The van der Waals surface area contributed by atoms with Gasteiger partial charge in [-0.25, -0.2) is 0 Å². The van der Waals surface area contributed by atoms with E-state index in [0.717, 1.165) is 22.3 Å². The molecule has 0 spiro atoms. The fourth-order valence-corrected chi connectivity index (χ4v) is 2.49. The SMILES string of the molecule is CCCOc1cc(NC(C)c2cccc(Br)c2)ccc1N. The van der Waals surface area contributed by atoms with Gasteiger partial charge in [0.2, 0.25) is 0 Å². The summed E-state index contributed by atoms with van der Waals surface area (Å²) < 4.78 is 6.74. The standard InChI is InChI=1S/C17H21BrN2O/c1-3-9-21-17-11-15(7-8-16(17)19)20-12(2)13-5-4-6-14(18)10-13/h4-8,10-12,20H,3,9,19H2,1-2H3. The molecule has 1 atom stereocenters. The highest BCUT2D eigenvalue weighted by Gasteiger charge is 2.08. The summed E-state index contributed by atoms with van der Waals surface area (Å²) in [6, 6.07) is 14.3. The van der Waals surface area contributed by atoms with Gasteiger partial charge < -0.3 is 15.8 Å². The number of hydrogen-bond acceptors (Lipinski definition) is 3. The number of nitrogen functional groups attached to an aromatic ring is 1. The van der Waals surface area contributed by atoms with Crippen LogP contribution in [0, 0.1) is 0 Å². The van der Waals surface area contributed by atoms with E-state index in [9.17, 15) is 0 Å². The molecule has 0 aliphatic heterocycles. The molecule has 0 saturated carbocycles. The maximum Gasteiger partial charge on any atom is 0.144 e. The van der Waals surface area contributed by atoms with Crippen LogP contribution in [-0.4, -0.2) is 6.61 Å². The summed E-state index contributed by atoms with van der Waals surface area (Å²) in [5, 5.41) is 3.47. The third-order valence-corrected chi connectivity index (χ3v) is 3.70. The number of nitrogens with two attached hydrogens (primary N) is 1. The highest BCUT2D eigenvalue weighted by Crippen LogP contribution is 2.28. The van der Waals surface area contributed by atoms with Crippen molar-refractivity contribution < 1.29 is 4.74 Å². The maximum atomic E-state index is 5.93. The van der Waals surface area contributed by atoms with Crippen LogP contribution >= 0.6 is 15.9 Å². The van der Waals surface area contributed by atoms with Crippen molar-refractivity contribution in [3.05, 3.63) is 52.5 Å². The molecule has 0 heterocycles. The zero-order chi connectivity index (χ0) is 15.2. The van der Waals surface area contributed by atoms with Crippen LogP contribution in [0.2, 0.25) is 0 Å². The summed E-state index contributed by atoms with van der Waals surface area (Å²) in [5.74, 6) is 0.739. The highest BCUT2D eigenvalue weighted by atomic mass is 79.9. The first-order valence-electron chi connectivity index (χ1n) is 7.14. The molecule has 2 aromatic rings. The van der Waals surface area contributed by atoms with Gasteiger partial charge in [-0.2, -0.15) is 0 Å². The zero-order valence-corrected chi connectivity index (χ0v) is 14.0. The fraction of sp³-hybridized carbons (Fsp3) is 0.294. The summed E-state index contributed by atoms with van der Waals surface area (Å²) in [7, 11) is 0. The predicted octanol–water partition coefficient (Wildman–Crippen LogP) is 4.99. The first-order valence-corrected chi connectivity index (χ1v) is 7.93. The summed E-state index contributed by atoms with van der Waals surface area (Å²) in [6.45, 7) is 4.88. The molecule has 112 valence electrons. The summed E-state index contributed by atoms with van der Waals surface area (Å²) in [6.07, 6.45) is 0.964. The molecule has 2 rings (SSSR count). The minimum atomic E-state index is 0.199. The molecule has 0 bridgehead atoms. The van der Waals surface area contributed by atoms with Crippen LogP contribution < -0.4 is 15.8 Å². The smallest absolute Gasteiger partial charge is 0.144 e. The van der Waals surface area contributed by atoms with Crippen molar-refractivity contribution in [1.82, 2.24) is 0 Å². The molecule has 0 aliphatic rings. The van der Waals surface area contributed by atoms with Gasteiger partial charge in [-0.05, 0) is 43.2 Å². The highest BCUT2D eigenvalue weighted by molar-refractivity contribution is 9.10. The van der Waals surface area contributed by atoms with E-state index >= 15 is 0 Å². The largest absolute Gasteiger partial charge is 0.491 e. The van der Waals surface area contributed by atoms with Crippen molar-refractivity contribution in [3.63, 3.8) is 0 Å². The Hall–Kier alpha value is -1.68.